The second-order valence-corrected chi connectivity index (χ2v) is 8.13. The molecular weight excluding hydrogens is 409 g/mol. The van der Waals surface area contributed by atoms with Crippen molar-refractivity contribution in [2.45, 2.75) is 19.6 Å². The molecule has 0 spiro atoms. The van der Waals surface area contributed by atoms with Crippen LogP contribution in [-0.4, -0.2) is 75.5 Å². The summed E-state index contributed by atoms with van der Waals surface area (Å²) >= 11 is 2.72. The normalized spacial score (nSPS) is 13.8. The molecule has 2 rings (SSSR count). The zero-order chi connectivity index (χ0) is 14.9. The van der Waals surface area contributed by atoms with Gasteiger partial charge in [0.05, 0.1) is 0 Å². The molecule has 0 aliphatic heterocycles. The van der Waals surface area contributed by atoms with Crippen molar-refractivity contribution in [3.8, 4) is 0 Å². The van der Waals surface area contributed by atoms with Crippen LogP contribution in [0, 0.1) is 0 Å². The van der Waals surface area contributed by atoms with Crippen LogP contribution >= 0.6 is 7.60 Å². The molecule has 0 radical (unpaired) electrons. The number of rotatable bonds is 5. The Bertz CT molecular complexity index is 673. The fraction of sp³-hybridized carbons (Fsp3) is 0.444. The van der Waals surface area contributed by atoms with E-state index in [1.165, 1.54) is 33.7 Å². The Morgan fingerprint density at radius 2 is 2.15 bits per heavy atom. The summed E-state index contributed by atoms with van der Waals surface area (Å²) in [5.74, 6) is 0. The van der Waals surface area contributed by atoms with Crippen LogP contribution in [0.5, 0.6) is 0 Å². The van der Waals surface area contributed by atoms with E-state index in [0.717, 1.165) is 20.3 Å². The van der Waals surface area contributed by atoms with Gasteiger partial charge in [-0.15, -0.1) is 0 Å². The molecule has 11 heteroatoms. The van der Waals surface area contributed by atoms with E-state index in [0.29, 0.717) is 6.54 Å². The van der Waals surface area contributed by atoms with Gasteiger partial charge in [-0.2, -0.15) is 0 Å². The van der Waals surface area contributed by atoms with Crippen molar-refractivity contribution in [2.75, 3.05) is 6.35 Å². The maximum atomic E-state index is 10.8. The first kappa shape index (κ1) is 16.2. The Morgan fingerprint density at radius 1 is 1.45 bits per heavy atom. The van der Waals surface area contributed by atoms with Crippen molar-refractivity contribution in [1.29, 1.82) is 0 Å². The summed E-state index contributed by atoms with van der Waals surface area (Å²) in [4.78, 5) is 30.5. The van der Waals surface area contributed by atoms with Gasteiger partial charge in [0.2, 0.25) is 0 Å². The summed E-state index contributed by atoms with van der Waals surface area (Å²) in [6.45, 7) is 2.17. The molecule has 20 heavy (non-hydrogen) atoms. The van der Waals surface area contributed by atoms with Crippen LogP contribution in [0.3, 0.4) is 0 Å². The fourth-order valence-corrected chi connectivity index (χ4v) is 4.03. The van der Waals surface area contributed by atoms with E-state index in [2.05, 4.69) is 15.0 Å². The first-order valence-corrected chi connectivity index (χ1v) is 9.88. The summed E-state index contributed by atoms with van der Waals surface area (Å²) in [6, 6.07) is 0. The quantitative estimate of drug-likeness (QED) is 0.386. The Labute approximate surface area is 132 Å². The number of hydrogen-bond acceptors (Lipinski definition) is 5. The van der Waals surface area contributed by atoms with Crippen molar-refractivity contribution in [2.24, 2.45) is 0 Å². The van der Waals surface area contributed by atoms with E-state index in [4.69, 9.17) is 14.5 Å². The monoisotopic (exact) mass is 424 g/mol. The molecular formula is C9H15As2N4O4P. The van der Waals surface area contributed by atoms with Gasteiger partial charge in [0.15, 0.2) is 0 Å². The summed E-state index contributed by atoms with van der Waals surface area (Å²) in [6.07, 6.45) is 0.707. The third-order valence-corrected chi connectivity index (χ3v) is 4.36. The molecule has 0 saturated heterocycles. The zero-order valence-electron chi connectivity index (χ0n) is 10.7. The molecule has 0 amide bonds. The Hall–Kier alpha value is -0.223. The van der Waals surface area contributed by atoms with Gasteiger partial charge in [-0.05, 0) is 0 Å². The molecule has 0 aliphatic rings. The molecule has 2 N–H and O–H groups in total. The average Bonchev–Trinajstić information content (AvgIpc) is 2.69. The predicted molar refractivity (Wildman–Crippen MR) is 79.1 cm³/mol. The summed E-state index contributed by atoms with van der Waals surface area (Å²) in [5.41, 5.74) is 1.49. The molecule has 2 heterocycles. The molecule has 0 aromatic carbocycles. The molecule has 110 valence electrons. The Morgan fingerprint density at radius 3 is 2.80 bits per heavy atom. The van der Waals surface area contributed by atoms with E-state index >= 15 is 0 Å². The van der Waals surface area contributed by atoms with Gasteiger partial charge >= 0.3 is 132 Å². The molecule has 0 fully saturated rings. The molecule has 8 nitrogen and oxygen atoms in total. The van der Waals surface area contributed by atoms with E-state index < -0.39 is 13.9 Å². The number of ether oxygens (including phenoxy) is 1. The molecule has 3 atom stereocenters. The van der Waals surface area contributed by atoms with Crippen molar-refractivity contribution in [1.82, 2.24) is 19.5 Å². The number of hydrogen-bond donors (Lipinski definition) is 2. The van der Waals surface area contributed by atoms with Crippen molar-refractivity contribution >= 4 is 61.6 Å². The number of imidazole rings is 1. The molecule has 0 aliphatic carbocycles. The van der Waals surface area contributed by atoms with Gasteiger partial charge in [0.1, 0.15) is 0 Å². The van der Waals surface area contributed by atoms with Crippen molar-refractivity contribution < 1.29 is 19.1 Å². The van der Waals surface area contributed by atoms with Gasteiger partial charge in [0, 0.05) is 0 Å². The van der Waals surface area contributed by atoms with Gasteiger partial charge in [-0.25, -0.2) is 0 Å². The SMILES string of the molecule is C[C@H](Cn1cnc2c([AsH2])nc([AsH2])nc21)OCP(=O)(O)O. The van der Waals surface area contributed by atoms with Crippen LogP contribution in [0.1, 0.15) is 6.92 Å². The third-order valence-electron chi connectivity index (χ3n) is 2.49. The van der Waals surface area contributed by atoms with Gasteiger partial charge in [0.25, 0.3) is 0 Å². The van der Waals surface area contributed by atoms with Crippen molar-refractivity contribution in [3.63, 3.8) is 0 Å². The third kappa shape index (κ3) is 4.14. The van der Waals surface area contributed by atoms with Crippen LogP contribution in [0.15, 0.2) is 6.33 Å². The number of fused-ring (bicyclic) bond motifs is 1. The van der Waals surface area contributed by atoms with Crippen LogP contribution in [0.2, 0.25) is 0 Å². The van der Waals surface area contributed by atoms with E-state index in [1.807, 2.05) is 4.57 Å². The van der Waals surface area contributed by atoms with E-state index in [1.54, 1.807) is 13.3 Å². The summed E-state index contributed by atoms with van der Waals surface area (Å²) in [7, 11) is -4.14. The Balaban J connectivity index is 2.16. The summed E-state index contributed by atoms with van der Waals surface area (Å²) < 4.78 is 19.3. The van der Waals surface area contributed by atoms with Gasteiger partial charge < -0.3 is 0 Å². The van der Waals surface area contributed by atoms with E-state index in [-0.39, 0.29) is 6.10 Å². The first-order valence-electron chi connectivity index (χ1n) is 5.66. The maximum absolute atomic E-state index is 10.8. The fourth-order valence-electron chi connectivity index (χ4n) is 1.67. The topological polar surface area (TPSA) is 110 Å². The number of nitrogens with zero attached hydrogens (tertiary/aromatic N) is 4. The number of aromatic nitrogens is 4. The van der Waals surface area contributed by atoms with Gasteiger partial charge in [-0.3, -0.25) is 0 Å². The molecule has 2 aromatic rings. The van der Waals surface area contributed by atoms with Crippen LogP contribution in [0.4, 0.5) is 0 Å². The van der Waals surface area contributed by atoms with E-state index in [9.17, 15) is 4.57 Å². The van der Waals surface area contributed by atoms with Crippen LogP contribution in [0.25, 0.3) is 11.2 Å². The predicted octanol–water partition coefficient (Wildman–Crippen LogP) is -3.12. The Kier molecular flexibility index (Phi) is 5.06. The summed E-state index contributed by atoms with van der Waals surface area (Å²) in [5, 5.41) is 0. The second kappa shape index (κ2) is 6.26. The molecule has 2 unspecified atom stereocenters. The zero-order valence-corrected chi connectivity index (χ0v) is 16.4. The molecule has 0 saturated carbocycles. The minimum absolute atomic E-state index is 0.355. The molecule has 0 bridgehead atoms. The van der Waals surface area contributed by atoms with Crippen molar-refractivity contribution in [3.05, 3.63) is 6.33 Å². The van der Waals surface area contributed by atoms with Crippen LogP contribution < -0.4 is 9.09 Å². The average molecular weight is 424 g/mol. The second-order valence-electron chi connectivity index (χ2n) is 4.31. The van der Waals surface area contributed by atoms with Crippen LogP contribution in [-0.2, 0) is 15.8 Å². The molecule has 2 aromatic heterocycles. The first-order chi connectivity index (χ1) is 9.26. The minimum atomic E-state index is -4.14. The van der Waals surface area contributed by atoms with Gasteiger partial charge in [-0.1, -0.05) is 0 Å². The standard InChI is InChI=1S/C9H15As2N4O4P/c1-5(19-4-20(16,17)18)2-15-3-12-6-7(10)13-9(11)14-8(6)15/h3,5H,2,4,10-11H2,1H3,(H2,16,17,18)/t5-/m1/s1.